The minimum absolute atomic E-state index is 0.561. The molecule has 0 aromatic heterocycles. The Morgan fingerprint density at radius 3 is 2.67 bits per heavy atom. The molecule has 1 heterocycles. The Hall–Kier alpha value is -0.120. The van der Waals surface area contributed by atoms with Crippen molar-refractivity contribution in [1.82, 2.24) is 10.2 Å². The highest BCUT2D eigenvalue weighted by atomic mass is 16.5. The van der Waals surface area contributed by atoms with Crippen LogP contribution in [0.3, 0.4) is 0 Å². The quantitative estimate of drug-likeness (QED) is 0.788. The van der Waals surface area contributed by atoms with Crippen LogP contribution in [0.15, 0.2) is 0 Å². The molecule has 0 aromatic carbocycles. The molecule has 18 heavy (non-hydrogen) atoms. The van der Waals surface area contributed by atoms with Crippen LogP contribution in [0.2, 0.25) is 0 Å². The van der Waals surface area contributed by atoms with Crippen molar-refractivity contribution in [3.05, 3.63) is 0 Å². The summed E-state index contributed by atoms with van der Waals surface area (Å²) in [6.45, 7) is 8.94. The van der Waals surface area contributed by atoms with E-state index in [0.29, 0.717) is 18.2 Å². The van der Waals surface area contributed by atoms with Crippen molar-refractivity contribution in [2.45, 2.75) is 70.6 Å². The summed E-state index contributed by atoms with van der Waals surface area (Å²) in [7, 11) is 0. The summed E-state index contributed by atoms with van der Waals surface area (Å²) < 4.78 is 6.00. The number of hydrogen-bond donors (Lipinski definition) is 1. The van der Waals surface area contributed by atoms with Crippen molar-refractivity contribution in [2.75, 3.05) is 26.2 Å². The molecular formula is C15H30N2O. The minimum atomic E-state index is 0.561. The van der Waals surface area contributed by atoms with Crippen LogP contribution in [-0.2, 0) is 4.74 Å². The van der Waals surface area contributed by atoms with Gasteiger partial charge in [0.1, 0.15) is 0 Å². The van der Waals surface area contributed by atoms with Crippen molar-refractivity contribution in [1.29, 1.82) is 0 Å². The molecule has 1 atom stereocenters. The second kappa shape index (κ2) is 7.46. The van der Waals surface area contributed by atoms with E-state index in [-0.39, 0.29) is 0 Å². The van der Waals surface area contributed by atoms with Gasteiger partial charge in [0.15, 0.2) is 0 Å². The standard InChI is InChI=1S/C15H30N2O/c1-13(2)16-14-8-9-17(12-14)10-11-18-15-6-4-3-5-7-15/h13-16H,3-12H2,1-2H3. The summed E-state index contributed by atoms with van der Waals surface area (Å²) in [5, 5.41) is 3.63. The second-order valence-electron chi connectivity index (χ2n) is 6.24. The van der Waals surface area contributed by atoms with Gasteiger partial charge in [0, 0.05) is 25.2 Å². The lowest BCUT2D eigenvalue weighted by molar-refractivity contribution is 0.0186. The maximum absolute atomic E-state index is 6.00. The lowest BCUT2D eigenvalue weighted by Gasteiger charge is -2.24. The van der Waals surface area contributed by atoms with Gasteiger partial charge in [-0.15, -0.1) is 0 Å². The summed E-state index contributed by atoms with van der Waals surface area (Å²) in [5.41, 5.74) is 0. The fraction of sp³-hybridized carbons (Fsp3) is 1.00. The van der Waals surface area contributed by atoms with Crippen LogP contribution in [0.25, 0.3) is 0 Å². The van der Waals surface area contributed by atoms with E-state index in [4.69, 9.17) is 4.74 Å². The molecule has 0 amide bonds. The molecule has 0 aromatic rings. The van der Waals surface area contributed by atoms with Crippen molar-refractivity contribution >= 4 is 0 Å². The van der Waals surface area contributed by atoms with E-state index in [0.717, 1.165) is 13.2 Å². The first-order valence-electron chi connectivity index (χ1n) is 7.84. The average Bonchev–Trinajstić information content (AvgIpc) is 2.77. The van der Waals surface area contributed by atoms with Crippen LogP contribution in [0.1, 0.15) is 52.4 Å². The van der Waals surface area contributed by atoms with Gasteiger partial charge in [0.05, 0.1) is 12.7 Å². The minimum Gasteiger partial charge on any atom is -0.377 e. The molecule has 0 spiro atoms. The predicted octanol–water partition coefficient (Wildman–Crippen LogP) is 2.41. The molecule has 1 unspecified atom stereocenters. The number of nitrogens with one attached hydrogen (secondary N) is 1. The van der Waals surface area contributed by atoms with Gasteiger partial charge in [0.2, 0.25) is 0 Å². The van der Waals surface area contributed by atoms with Crippen LogP contribution in [0.5, 0.6) is 0 Å². The van der Waals surface area contributed by atoms with Crippen molar-refractivity contribution in [2.24, 2.45) is 0 Å². The average molecular weight is 254 g/mol. The first kappa shape index (κ1) is 14.3. The van der Waals surface area contributed by atoms with E-state index in [9.17, 15) is 0 Å². The molecule has 3 heteroatoms. The third-order valence-electron chi connectivity index (χ3n) is 4.15. The SMILES string of the molecule is CC(C)NC1CCN(CCOC2CCCCC2)C1. The molecule has 3 nitrogen and oxygen atoms in total. The Labute approximate surface area is 112 Å². The lowest BCUT2D eigenvalue weighted by atomic mass is 9.98. The smallest absolute Gasteiger partial charge is 0.0597 e. The normalized spacial score (nSPS) is 27.2. The molecule has 0 radical (unpaired) electrons. The summed E-state index contributed by atoms with van der Waals surface area (Å²) >= 11 is 0. The van der Waals surface area contributed by atoms with Gasteiger partial charge in [0.25, 0.3) is 0 Å². The molecule has 106 valence electrons. The van der Waals surface area contributed by atoms with Crippen LogP contribution >= 0.6 is 0 Å². The van der Waals surface area contributed by atoms with Crippen LogP contribution in [0, 0.1) is 0 Å². The maximum atomic E-state index is 6.00. The van der Waals surface area contributed by atoms with E-state index >= 15 is 0 Å². The number of nitrogens with zero attached hydrogens (tertiary/aromatic N) is 1. The molecule has 2 fully saturated rings. The third kappa shape index (κ3) is 4.87. The van der Waals surface area contributed by atoms with Crippen LogP contribution in [-0.4, -0.2) is 49.3 Å². The highest BCUT2D eigenvalue weighted by molar-refractivity contribution is 4.81. The molecule has 2 rings (SSSR count). The molecule has 0 bridgehead atoms. The van der Waals surface area contributed by atoms with Gasteiger partial charge in [-0.1, -0.05) is 33.1 Å². The summed E-state index contributed by atoms with van der Waals surface area (Å²) in [4.78, 5) is 2.54. The molecule has 2 aliphatic rings. The fourth-order valence-corrected chi connectivity index (χ4v) is 3.22. The molecule has 1 N–H and O–H groups in total. The van der Waals surface area contributed by atoms with Gasteiger partial charge in [-0.25, -0.2) is 0 Å². The number of ether oxygens (including phenoxy) is 1. The molecule has 1 saturated carbocycles. The summed E-state index contributed by atoms with van der Waals surface area (Å²) in [6.07, 6.45) is 8.58. The van der Waals surface area contributed by atoms with Crippen LogP contribution < -0.4 is 5.32 Å². The highest BCUT2D eigenvalue weighted by Crippen LogP contribution is 2.20. The molecular weight excluding hydrogens is 224 g/mol. The Morgan fingerprint density at radius 1 is 1.17 bits per heavy atom. The molecule has 1 saturated heterocycles. The van der Waals surface area contributed by atoms with Crippen LogP contribution in [0.4, 0.5) is 0 Å². The van der Waals surface area contributed by atoms with E-state index in [1.165, 1.54) is 51.6 Å². The van der Waals surface area contributed by atoms with Gasteiger partial charge < -0.3 is 10.1 Å². The van der Waals surface area contributed by atoms with Gasteiger partial charge in [-0.3, -0.25) is 4.90 Å². The van der Waals surface area contributed by atoms with Crippen molar-refractivity contribution in [3.63, 3.8) is 0 Å². The summed E-state index contributed by atoms with van der Waals surface area (Å²) in [6, 6.07) is 1.30. The Morgan fingerprint density at radius 2 is 1.94 bits per heavy atom. The zero-order valence-corrected chi connectivity index (χ0v) is 12.2. The van der Waals surface area contributed by atoms with Crippen molar-refractivity contribution in [3.8, 4) is 0 Å². The molecule has 1 aliphatic carbocycles. The number of likely N-dealkylation sites (tertiary alicyclic amines) is 1. The fourth-order valence-electron chi connectivity index (χ4n) is 3.22. The molecule has 1 aliphatic heterocycles. The van der Waals surface area contributed by atoms with Gasteiger partial charge >= 0.3 is 0 Å². The maximum Gasteiger partial charge on any atom is 0.0597 e. The van der Waals surface area contributed by atoms with E-state index < -0.39 is 0 Å². The zero-order valence-electron chi connectivity index (χ0n) is 12.2. The van der Waals surface area contributed by atoms with E-state index in [1.807, 2.05) is 0 Å². The van der Waals surface area contributed by atoms with E-state index in [2.05, 4.69) is 24.1 Å². The number of hydrogen-bond acceptors (Lipinski definition) is 3. The number of rotatable bonds is 6. The lowest BCUT2D eigenvalue weighted by Crippen LogP contribution is -2.37. The monoisotopic (exact) mass is 254 g/mol. The second-order valence-corrected chi connectivity index (χ2v) is 6.24. The first-order valence-corrected chi connectivity index (χ1v) is 7.84. The Kier molecular flexibility index (Phi) is 5.93. The zero-order chi connectivity index (χ0) is 12.8. The highest BCUT2D eigenvalue weighted by Gasteiger charge is 2.22. The van der Waals surface area contributed by atoms with E-state index in [1.54, 1.807) is 0 Å². The third-order valence-corrected chi connectivity index (χ3v) is 4.15. The van der Waals surface area contributed by atoms with Crippen molar-refractivity contribution < 1.29 is 4.74 Å². The van der Waals surface area contributed by atoms with Gasteiger partial charge in [-0.05, 0) is 25.8 Å². The first-order chi connectivity index (χ1) is 8.74. The topological polar surface area (TPSA) is 24.5 Å². The van der Waals surface area contributed by atoms with Gasteiger partial charge in [-0.2, -0.15) is 0 Å². The Bertz CT molecular complexity index is 227. The Balaban J connectivity index is 1.54. The summed E-state index contributed by atoms with van der Waals surface area (Å²) in [5.74, 6) is 0. The largest absolute Gasteiger partial charge is 0.377 e. The predicted molar refractivity (Wildman–Crippen MR) is 75.9 cm³/mol.